The largest absolute Gasteiger partial charge is 0.344 e. The zero-order chi connectivity index (χ0) is 4.50. The predicted molar refractivity (Wildman–Crippen MR) is 20.1 cm³/mol. The molecular formula is C2H9NO3. The average molecular weight is 95.1 g/mol. The van der Waals surface area contributed by atoms with E-state index >= 15 is 0 Å². The first kappa shape index (κ1) is 9.28. The van der Waals surface area contributed by atoms with Gasteiger partial charge in [-0.2, -0.15) is 0 Å². The van der Waals surface area contributed by atoms with Gasteiger partial charge in [0.2, 0.25) is 0 Å². The van der Waals surface area contributed by atoms with Crippen molar-refractivity contribution >= 4 is 0 Å². The molecule has 4 nitrogen and oxygen atoms in total. The van der Waals surface area contributed by atoms with Gasteiger partial charge < -0.3 is 21.5 Å². The van der Waals surface area contributed by atoms with E-state index in [1.54, 1.807) is 0 Å². The maximum absolute atomic E-state index is 7.63. The van der Waals surface area contributed by atoms with Gasteiger partial charge in [0.25, 0.3) is 5.97 Å². The van der Waals surface area contributed by atoms with Crippen LogP contribution in [0.25, 0.3) is 0 Å². The summed E-state index contributed by atoms with van der Waals surface area (Å²) in [5, 5.41) is 22.9. The third-order valence-electron chi connectivity index (χ3n) is 0. The highest BCUT2D eigenvalue weighted by molar-refractivity contribution is 4.21. The molecule has 0 aliphatic heterocycles. The topological polar surface area (TPSA) is 95.7 Å². The molecule has 0 heterocycles. The molecule has 0 spiro atoms. The van der Waals surface area contributed by atoms with Gasteiger partial charge in [-0.05, 0) is 0 Å². The highest BCUT2D eigenvalue weighted by atomic mass is 16.7. The summed E-state index contributed by atoms with van der Waals surface area (Å²) in [6, 6.07) is 0. The molecule has 0 atom stereocenters. The lowest BCUT2D eigenvalue weighted by molar-refractivity contribution is -0.297. The van der Waals surface area contributed by atoms with Gasteiger partial charge in [0, 0.05) is 6.92 Å². The Bertz CT molecular complexity index is 24.3. The molecule has 0 amide bonds. The van der Waals surface area contributed by atoms with E-state index in [0.29, 0.717) is 0 Å². The number of hydrogen-bond acceptors (Lipinski definition) is 4. The van der Waals surface area contributed by atoms with Crippen molar-refractivity contribution in [3.8, 4) is 0 Å². The lowest BCUT2D eigenvalue weighted by Crippen LogP contribution is -2.20. The number of rotatable bonds is 0. The Morgan fingerprint density at radius 2 is 1.17 bits per heavy atom. The van der Waals surface area contributed by atoms with Crippen molar-refractivity contribution in [3.05, 3.63) is 0 Å². The highest BCUT2D eigenvalue weighted by Crippen LogP contribution is 1.82. The molecule has 0 bridgehead atoms. The molecule has 40 valence electrons. The van der Waals surface area contributed by atoms with Crippen molar-refractivity contribution in [1.29, 1.82) is 0 Å². The van der Waals surface area contributed by atoms with Gasteiger partial charge in [-0.3, -0.25) is 0 Å². The van der Waals surface area contributed by atoms with Crippen LogP contribution < -0.4 is 6.15 Å². The van der Waals surface area contributed by atoms with E-state index in [1.165, 1.54) is 0 Å². The van der Waals surface area contributed by atoms with Crippen molar-refractivity contribution in [2.24, 2.45) is 0 Å². The average Bonchev–Trinajstić information content (AvgIpc) is 0.722. The Kier molecular flexibility index (Phi) is 3.24. The van der Waals surface area contributed by atoms with Crippen LogP contribution in [0.5, 0.6) is 0 Å². The summed E-state index contributed by atoms with van der Waals surface area (Å²) in [5.41, 5.74) is 0. The summed E-state index contributed by atoms with van der Waals surface area (Å²) in [5.74, 6) is -2.50. The molecule has 0 unspecified atom stereocenters. The van der Waals surface area contributed by atoms with Crippen molar-refractivity contribution in [2.75, 3.05) is 0 Å². The second-order valence-electron chi connectivity index (χ2n) is 0.971. The van der Waals surface area contributed by atoms with Crippen molar-refractivity contribution in [1.82, 2.24) is 6.15 Å². The van der Waals surface area contributed by atoms with E-state index in [-0.39, 0.29) is 6.15 Å². The molecule has 6 heavy (non-hydrogen) atoms. The minimum atomic E-state index is -2.50. The summed E-state index contributed by atoms with van der Waals surface area (Å²) in [4.78, 5) is 0. The fourth-order valence-electron chi connectivity index (χ4n) is 0. The van der Waals surface area contributed by atoms with Crippen LogP contribution in [0.1, 0.15) is 6.92 Å². The van der Waals surface area contributed by atoms with Gasteiger partial charge in [-0.15, -0.1) is 0 Å². The molecule has 0 fully saturated rings. The first-order chi connectivity index (χ1) is 2.00. The van der Waals surface area contributed by atoms with Gasteiger partial charge in [-0.25, -0.2) is 0 Å². The van der Waals surface area contributed by atoms with E-state index in [4.69, 9.17) is 15.3 Å². The fourth-order valence-corrected chi connectivity index (χ4v) is 0. The smallest absolute Gasteiger partial charge is 0.272 e. The second-order valence-corrected chi connectivity index (χ2v) is 0.971. The van der Waals surface area contributed by atoms with Crippen LogP contribution in [0.2, 0.25) is 0 Å². The predicted octanol–water partition coefficient (Wildman–Crippen LogP) is -1.20. The van der Waals surface area contributed by atoms with Crippen LogP contribution >= 0.6 is 0 Å². The monoisotopic (exact) mass is 95.1 g/mol. The number of hydrogen-bond donors (Lipinski definition) is 4. The van der Waals surface area contributed by atoms with E-state index < -0.39 is 5.97 Å². The third kappa shape index (κ3) is 1210. The van der Waals surface area contributed by atoms with E-state index in [1.807, 2.05) is 0 Å². The van der Waals surface area contributed by atoms with Crippen molar-refractivity contribution in [2.45, 2.75) is 12.9 Å². The Labute approximate surface area is 35.6 Å². The molecule has 0 aromatic rings. The van der Waals surface area contributed by atoms with E-state index in [2.05, 4.69) is 0 Å². The molecule has 0 aliphatic carbocycles. The summed E-state index contributed by atoms with van der Waals surface area (Å²) >= 11 is 0. The van der Waals surface area contributed by atoms with Gasteiger partial charge in [0.15, 0.2) is 0 Å². The van der Waals surface area contributed by atoms with Crippen molar-refractivity contribution < 1.29 is 15.3 Å². The van der Waals surface area contributed by atoms with E-state index in [9.17, 15) is 0 Å². The molecule has 0 radical (unpaired) electrons. The van der Waals surface area contributed by atoms with Crippen LogP contribution in [0, 0.1) is 0 Å². The molecule has 0 rings (SSSR count). The lowest BCUT2D eigenvalue weighted by Gasteiger charge is -2.01. The Morgan fingerprint density at radius 3 is 1.17 bits per heavy atom. The van der Waals surface area contributed by atoms with Gasteiger partial charge in [0.05, 0.1) is 0 Å². The maximum atomic E-state index is 7.63. The summed E-state index contributed by atoms with van der Waals surface area (Å²) in [6.07, 6.45) is 0. The van der Waals surface area contributed by atoms with E-state index in [0.717, 1.165) is 6.92 Å². The number of aliphatic hydroxyl groups is 3. The zero-order valence-corrected chi connectivity index (χ0v) is 3.55. The lowest BCUT2D eigenvalue weighted by atomic mass is 10.7. The first-order valence-corrected chi connectivity index (χ1v) is 1.17. The molecule has 6 N–H and O–H groups in total. The quantitative estimate of drug-likeness (QED) is 0.284. The molecule has 4 heteroatoms. The standard InChI is InChI=1S/C2H6O3.H3N/c1-2(3,4)5;/h3-5H,1H3;1H3. The molecule has 0 aliphatic rings. The van der Waals surface area contributed by atoms with Crippen LogP contribution in [-0.4, -0.2) is 21.3 Å². The van der Waals surface area contributed by atoms with Gasteiger partial charge >= 0.3 is 0 Å². The third-order valence-corrected chi connectivity index (χ3v) is 0. The van der Waals surface area contributed by atoms with Crippen molar-refractivity contribution in [3.63, 3.8) is 0 Å². The minimum Gasteiger partial charge on any atom is -0.344 e. The Morgan fingerprint density at radius 1 is 1.17 bits per heavy atom. The van der Waals surface area contributed by atoms with Crippen LogP contribution in [0.3, 0.4) is 0 Å². The normalized spacial score (nSPS) is 10.0. The highest BCUT2D eigenvalue weighted by Gasteiger charge is 2.03. The second kappa shape index (κ2) is 2.09. The minimum absolute atomic E-state index is 0. The van der Waals surface area contributed by atoms with Crippen LogP contribution in [-0.2, 0) is 0 Å². The molecule has 0 saturated heterocycles. The fraction of sp³-hybridized carbons (Fsp3) is 1.00. The SMILES string of the molecule is CC(O)(O)O.N. The zero-order valence-electron chi connectivity index (χ0n) is 3.55. The summed E-state index contributed by atoms with van der Waals surface area (Å²) in [7, 11) is 0. The summed E-state index contributed by atoms with van der Waals surface area (Å²) < 4.78 is 0. The summed E-state index contributed by atoms with van der Waals surface area (Å²) in [6.45, 7) is 0.854. The molecule has 0 aromatic heterocycles. The Balaban J connectivity index is 0. The molecule has 0 aromatic carbocycles. The van der Waals surface area contributed by atoms with Gasteiger partial charge in [0.1, 0.15) is 0 Å². The van der Waals surface area contributed by atoms with Crippen LogP contribution in [0.4, 0.5) is 0 Å². The Hall–Kier alpha value is -0.160. The first-order valence-electron chi connectivity index (χ1n) is 1.17. The van der Waals surface area contributed by atoms with Gasteiger partial charge in [-0.1, -0.05) is 0 Å². The van der Waals surface area contributed by atoms with Crippen LogP contribution in [0.15, 0.2) is 0 Å². The molecule has 0 saturated carbocycles. The molecular weight excluding hydrogens is 86.0 g/mol. The maximum Gasteiger partial charge on any atom is 0.272 e.